The zero-order chi connectivity index (χ0) is 21.8. The molecule has 0 bridgehead atoms. The van der Waals surface area contributed by atoms with E-state index in [1.807, 2.05) is 61.5 Å². The molecule has 1 fully saturated rings. The van der Waals surface area contributed by atoms with Gasteiger partial charge in [0.2, 0.25) is 0 Å². The van der Waals surface area contributed by atoms with Crippen LogP contribution < -0.4 is 10.1 Å². The Kier molecular flexibility index (Phi) is 6.66. The van der Waals surface area contributed by atoms with Gasteiger partial charge in [-0.05, 0) is 72.3 Å². The molecule has 0 spiro atoms. The number of thioether (sulfide) groups is 1. The number of hydrogen-bond donors (Lipinski definition) is 1. The van der Waals surface area contributed by atoms with E-state index in [1.54, 1.807) is 18.2 Å². The van der Waals surface area contributed by atoms with E-state index in [9.17, 15) is 4.79 Å². The molecule has 3 aromatic rings. The van der Waals surface area contributed by atoms with Crippen LogP contribution in [-0.2, 0) is 11.4 Å². The first-order valence-corrected chi connectivity index (χ1v) is 11.1. The highest BCUT2D eigenvalue weighted by atomic mass is 35.5. The van der Waals surface area contributed by atoms with Crippen LogP contribution in [0.15, 0.2) is 76.6 Å². The summed E-state index contributed by atoms with van der Waals surface area (Å²) in [5.41, 5.74) is 3.74. The molecule has 0 aliphatic carbocycles. The maximum Gasteiger partial charge on any atom is 0.264 e. The number of amides is 1. The van der Waals surface area contributed by atoms with Crippen molar-refractivity contribution in [1.82, 2.24) is 5.32 Å². The Balaban J connectivity index is 1.44. The van der Waals surface area contributed by atoms with Crippen LogP contribution in [0.2, 0.25) is 10.0 Å². The second kappa shape index (κ2) is 9.60. The number of nitrogens with one attached hydrogen (secondary N) is 1. The van der Waals surface area contributed by atoms with Crippen molar-refractivity contribution in [2.45, 2.75) is 13.5 Å². The Morgan fingerprint density at radius 3 is 2.48 bits per heavy atom. The lowest BCUT2D eigenvalue weighted by molar-refractivity contribution is -0.115. The van der Waals surface area contributed by atoms with E-state index in [2.05, 4.69) is 10.3 Å². The van der Waals surface area contributed by atoms with Crippen LogP contribution >= 0.6 is 35.0 Å². The zero-order valence-electron chi connectivity index (χ0n) is 16.6. The number of carbonyl (C=O) groups excluding carboxylic acids is 1. The molecule has 4 rings (SSSR count). The molecule has 0 unspecified atom stereocenters. The van der Waals surface area contributed by atoms with Gasteiger partial charge in [-0.3, -0.25) is 4.79 Å². The van der Waals surface area contributed by atoms with E-state index in [4.69, 9.17) is 27.9 Å². The second-order valence-corrected chi connectivity index (χ2v) is 8.80. The van der Waals surface area contributed by atoms with Gasteiger partial charge in [0.05, 0.1) is 15.6 Å². The van der Waals surface area contributed by atoms with Crippen molar-refractivity contribution in [3.63, 3.8) is 0 Å². The van der Waals surface area contributed by atoms with Crippen molar-refractivity contribution in [2.24, 2.45) is 4.99 Å². The standard InChI is InChI=1S/C24H18Cl2N2O2S/c1-15-2-9-19(10-3-15)27-24-28-23(29)22(31-24)13-17-6-11-21(20(26)12-17)30-14-16-4-7-18(25)8-5-16/h2-13H,14H2,1H3,(H,27,28,29)/b22-13-. The molecule has 1 amide bonds. The summed E-state index contributed by atoms with van der Waals surface area (Å²) in [4.78, 5) is 17.4. The van der Waals surface area contributed by atoms with E-state index in [0.717, 1.165) is 22.4 Å². The molecule has 0 atom stereocenters. The number of halogens is 2. The van der Waals surface area contributed by atoms with Gasteiger partial charge < -0.3 is 10.1 Å². The van der Waals surface area contributed by atoms with Crippen molar-refractivity contribution < 1.29 is 9.53 Å². The number of nitrogens with zero attached hydrogens (tertiary/aromatic N) is 1. The fourth-order valence-corrected chi connectivity index (χ4v) is 4.05. The third kappa shape index (κ3) is 5.70. The van der Waals surface area contributed by atoms with Gasteiger partial charge in [0.25, 0.3) is 5.91 Å². The maximum absolute atomic E-state index is 12.3. The largest absolute Gasteiger partial charge is 0.487 e. The van der Waals surface area contributed by atoms with E-state index < -0.39 is 0 Å². The summed E-state index contributed by atoms with van der Waals surface area (Å²) < 4.78 is 5.80. The molecule has 1 aliphatic rings. The van der Waals surface area contributed by atoms with Gasteiger partial charge in [0.15, 0.2) is 5.17 Å². The highest BCUT2D eigenvalue weighted by Crippen LogP contribution is 2.31. The molecule has 156 valence electrons. The smallest absolute Gasteiger partial charge is 0.264 e. The first kappa shape index (κ1) is 21.5. The minimum absolute atomic E-state index is 0.185. The van der Waals surface area contributed by atoms with Gasteiger partial charge in [-0.2, -0.15) is 0 Å². The molecule has 3 aromatic carbocycles. The predicted molar refractivity (Wildman–Crippen MR) is 129 cm³/mol. The fourth-order valence-electron chi connectivity index (χ4n) is 2.83. The molecule has 1 saturated heterocycles. The summed E-state index contributed by atoms with van der Waals surface area (Å²) in [6.07, 6.45) is 1.78. The molecular weight excluding hydrogens is 451 g/mol. The maximum atomic E-state index is 12.3. The van der Waals surface area contributed by atoms with Crippen LogP contribution in [0.4, 0.5) is 5.69 Å². The van der Waals surface area contributed by atoms with Crippen molar-refractivity contribution in [2.75, 3.05) is 0 Å². The average Bonchev–Trinajstić information content (AvgIpc) is 3.09. The molecule has 7 heteroatoms. The fraction of sp³-hybridized carbons (Fsp3) is 0.0833. The molecule has 1 aliphatic heterocycles. The summed E-state index contributed by atoms with van der Waals surface area (Å²) in [5.74, 6) is 0.388. The van der Waals surface area contributed by atoms with E-state index >= 15 is 0 Å². The SMILES string of the molecule is Cc1ccc(N=C2NC(=O)/C(=C/c3ccc(OCc4ccc(Cl)cc4)c(Cl)c3)S2)cc1. The van der Waals surface area contributed by atoms with Crippen LogP contribution in [-0.4, -0.2) is 11.1 Å². The van der Waals surface area contributed by atoms with E-state index in [-0.39, 0.29) is 5.91 Å². The Labute approximate surface area is 194 Å². The Morgan fingerprint density at radius 1 is 1.03 bits per heavy atom. The highest BCUT2D eigenvalue weighted by Gasteiger charge is 2.23. The van der Waals surface area contributed by atoms with Crippen LogP contribution in [0, 0.1) is 6.92 Å². The van der Waals surface area contributed by atoms with Gasteiger partial charge >= 0.3 is 0 Å². The third-order valence-corrected chi connectivity index (χ3v) is 5.93. The molecule has 31 heavy (non-hydrogen) atoms. The number of aryl methyl sites for hydroxylation is 1. The minimum atomic E-state index is -0.185. The number of rotatable bonds is 5. The van der Waals surface area contributed by atoms with Crippen LogP contribution in [0.25, 0.3) is 6.08 Å². The topological polar surface area (TPSA) is 50.7 Å². The second-order valence-electron chi connectivity index (χ2n) is 6.92. The van der Waals surface area contributed by atoms with Crippen molar-refractivity contribution >= 4 is 57.8 Å². The van der Waals surface area contributed by atoms with Gasteiger partial charge in [0.1, 0.15) is 12.4 Å². The van der Waals surface area contributed by atoms with Gasteiger partial charge in [-0.25, -0.2) is 4.99 Å². The van der Waals surface area contributed by atoms with Gasteiger partial charge in [-0.1, -0.05) is 59.1 Å². The van der Waals surface area contributed by atoms with Crippen LogP contribution in [0.3, 0.4) is 0 Å². The van der Waals surface area contributed by atoms with Crippen molar-refractivity contribution in [3.8, 4) is 5.75 Å². The lowest BCUT2D eigenvalue weighted by Gasteiger charge is -2.09. The Morgan fingerprint density at radius 2 is 1.77 bits per heavy atom. The number of ether oxygens (including phenoxy) is 1. The molecule has 1 N–H and O–H groups in total. The quantitative estimate of drug-likeness (QED) is 0.420. The van der Waals surface area contributed by atoms with Crippen LogP contribution in [0.1, 0.15) is 16.7 Å². The summed E-state index contributed by atoms with van der Waals surface area (Å²) in [6.45, 7) is 2.40. The molecule has 1 heterocycles. The van der Waals surface area contributed by atoms with Crippen molar-refractivity contribution in [3.05, 3.63) is 98.4 Å². The molecule has 0 saturated carbocycles. The van der Waals surface area contributed by atoms with Gasteiger partial charge in [-0.15, -0.1) is 0 Å². The molecule has 4 nitrogen and oxygen atoms in total. The Bertz CT molecular complexity index is 1170. The number of amidine groups is 1. The summed E-state index contributed by atoms with van der Waals surface area (Å²) in [5, 5.41) is 4.50. The summed E-state index contributed by atoms with van der Waals surface area (Å²) in [7, 11) is 0. The minimum Gasteiger partial charge on any atom is -0.487 e. The highest BCUT2D eigenvalue weighted by molar-refractivity contribution is 8.18. The Hall–Kier alpha value is -2.73. The summed E-state index contributed by atoms with van der Waals surface area (Å²) >= 11 is 13.6. The molecule has 0 aromatic heterocycles. The number of aliphatic imine (C=N–C) groups is 1. The lowest BCUT2D eigenvalue weighted by Crippen LogP contribution is -2.19. The van der Waals surface area contributed by atoms with Gasteiger partial charge in [0, 0.05) is 5.02 Å². The van der Waals surface area contributed by atoms with E-state index in [1.165, 1.54) is 11.8 Å². The predicted octanol–water partition coefficient (Wildman–Crippen LogP) is 6.77. The van der Waals surface area contributed by atoms with Crippen LogP contribution in [0.5, 0.6) is 5.75 Å². The number of hydrogen-bond acceptors (Lipinski definition) is 4. The lowest BCUT2D eigenvalue weighted by atomic mass is 10.2. The number of benzene rings is 3. The zero-order valence-corrected chi connectivity index (χ0v) is 18.9. The van der Waals surface area contributed by atoms with E-state index in [0.29, 0.717) is 32.5 Å². The first-order chi connectivity index (χ1) is 15.0. The summed E-state index contributed by atoms with van der Waals surface area (Å²) in [6, 6.07) is 20.7. The normalized spacial score (nSPS) is 16.0. The number of carbonyl (C=O) groups is 1. The monoisotopic (exact) mass is 468 g/mol. The first-order valence-electron chi connectivity index (χ1n) is 9.49. The average molecular weight is 469 g/mol. The van der Waals surface area contributed by atoms with Crippen molar-refractivity contribution in [1.29, 1.82) is 0 Å². The molecule has 0 radical (unpaired) electrons. The molecular formula is C24H18Cl2N2O2S. The third-order valence-electron chi connectivity index (χ3n) is 4.48.